The van der Waals surface area contributed by atoms with Gasteiger partial charge in [-0.1, -0.05) is 33.1 Å². The standard InChI is InChI=1S/C9H19/c1-5-6-7-9(4)8(2)3/h9H,5-7H2,1-4H3/q-1. The van der Waals surface area contributed by atoms with Crippen molar-refractivity contribution in [2.45, 2.75) is 47.0 Å². The highest BCUT2D eigenvalue weighted by molar-refractivity contribution is 4.83. The van der Waals surface area contributed by atoms with E-state index >= 15 is 0 Å². The molecule has 0 saturated heterocycles. The molecule has 0 saturated carbocycles. The van der Waals surface area contributed by atoms with Crippen molar-refractivity contribution in [2.24, 2.45) is 5.92 Å². The predicted octanol–water partition coefficient (Wildman–Crippen LogP) is 3.43. The Bertz CT molecular complexity index is 55.1. The maximum atomic E-state index is 2.31. The Kier molecular flexibility index (Phi) is 4.84. The van der Waals surface area contributed by atoms with E-state index in [0.29, 0.717) is 0 Å². The van der Waals surface area contributed by atoms with Crippen molar-refractivity contribution >= 4 is 0 Å². The summed E-state index contributed by atoms with van der Waals surface area (Å²) in [6, 6.07) is 0. The Labute approximate surface area is 59.7 Å². The van der Waals surface area contributed by atoms with Crippen LogP contribution in [0.25, 0.3) is 0 Å². The van der Waals surface area contributed by atoms with E-state index in [9.17, 15) is 0 Å². The van der Waals surface area contributed by atoms with Crippen molar-refractivity contribution in [3.05, 3.63) is 5.92 Å². The van der Waals surface area contributed by atoms with Crippen LogP contribution in [0.4, 0.5) is 0 Å². The number of hydrogen-bond donors (Lipinski definition) is 0. The minimum Gasteiger partial charge on any atom is -0.317 e. The molecule has 0 aliphatic rings. The molecule has 0 aliphatic heterocycles. The third-order valence-corrected chi connectivity index (χ3v) is 1.98. The summed E-state index contributed by atoms with van der Waals surface area (Å²) in [5.41, 5.74) is 0. The molecule has 1 atom stereocenters. The van der Waals surface area contributed by atoms with E-state index in [1.54, 1.807) is 5.92 Å². The van der Waals surface area contributed by atoms with E-state index in [2.05, 4.69) is 27.7 Å². The second kappa shape index (κ2) is 4.84. The van der Waals surface area contributed by atoms with E-state index in [0.717, 1.165) is 5.92 Å². The molecule has 0 amide bonds. The van der Waals surface area contributed by atoms with Crippen LogP contribution in [0.1, 0.15) is 47.0 Å². The molecule has 0 heterocycles. The SMILES string of the molecule is CCCCC(C)[C-](C)C. The van der Waals surface area contributed by atoms with E-state index < -0.39 is 0 Å². The fraction of sp³-hybridized carbons (Fsp3) is 0.889. The van der Waals surface area contributed by atoms with Crippen molar-refractivity contribution in [1.82, 2.24) is 0 Å². The van der Waals surface area contributed by atoms with Crippen LogP contribution in [0.15, 0.2) is 0 Å². The first-order valence-corrected chi connectivity index (χ1v) is 3.98. The molecule has 1 unspecified atom stereocenters. The number of rotatable bonds is 4. The van der Waals surface area contributed by atoms with Crippen LogP contribution in [-0.2, 0) is 0 Å². The summed E-state index contributed by atoms with van der Waals surface area (Å²) in [5, 5.41) is 0. The van der Waals surface area contributed by atoms with E-state index in [4.69, 9.17) is 0 Å². The number of hydrogen-bond acceptors (Lipinski definition) is 0. The molecule has 0 rings (SSSR count). The Morgan fingerprint density at radius 3 is 2.22 bits per heavy atom. The lowest BCUT2D eigenvalue weighted by atomic mass is 9.93. The van der Waals surface area contributed by atoms with Crippen molar-refractivity contribution in [1.29, 1.82) is 0 Å². The van der Waals surface area contributed by atoms with Crippen molar-refractivity contribution in [3.8, 4) is 0 Å². The highest BCUT2D eigenvalue weighted by Crippen LogP contribution is 2.18. The lowest BCUT2D eigenvalue weighted by Crippen LogP contribution is -2.00. The fourth-order valence-electron chi connectivity index (χ4n) is 0.799. The Balaban J connectivity index is 3.16. The Hall–Kier alpha value is 0. The molecule has 0 spiro atoms. The predicted molar refractivity (Wildman–Crippen MR) is 43.3 cm³/mol. The lowest BCUT2D eigenvalue weighted by Gasteiger charge is -2.27. The molecule has 0 N–H and O–H groups in total. The van der Waals surface area contributed by atoms with Gasteiger partial charge in [0.25, 0.3) is 0 Å². The van der Waals surface area contributed by atoms with Gasteiger partial charge in [-0.3, -0.25) is 0 Å². The lowest BCUT2D eigenvalue weighted by molar-refractivity contribution is 0.522. The van der Waals surface area contributed by atoms with Gasteiger partial charge in [0.05, 0.1) is 0 Å². The normalized spacial score (nSPS) is 14.3. The maximum absolute atomic E-state index is 2.31. The molecule has 0 aliphatic carbocycles. The smallest absolute Gasteiger partial charge is 0.0558 e. The second-order valence-corrected chi connectivity index (χ2v) is 3.12. The minimum absolute atomic E-state index is 0.838. The van der Waals surface area contributed by atoms with Crippen LogP contribution in [0.5, 0.6) is 0 Å². The van der Waals surface area contributed by atoms with Gasteiger partial charge in [-0.2, -0.15) is 19.8 Å². The number of unbranched alkanes of at least 4 members (excludes halogenated alkanes) is 1. The van der Waals surface area contributed by atoms with Crippen LogP contribution >= 0.6 is 0 Å². The third kappa shape index (κ3) is 4.50. The second-order valence-electron chi connectivity index (χ2n) is 3.12. The van der Waals surface area contributed by atoms with Crippen LogP contribution in [-0.4, -0.2) is 0 Å². The minimum atomic E-state index is 0.838. The van der Waals surface area contributed by atoms with Gasteiger partial charge in [0.1, 0.15) is 0 Å². The zero-order chi connectivity index (χ0) is 7.28. The van der Waals surface area contributed by atoms with Gasteiger partial charge in [0, 0.05) is 0 Å². The summed E-state index contributed by atoms with van der Waals surface area (Å²) in [6.07, 6.45) is 4.09. The maximum Gasteiger partial charge on any atom is -0.0558 e. The monoisotopic (exact) mass is 127 g/mol. The van der Waals surface area contributed by atoms with Crippen molar-refractivity contribution in [2.75, 3.05) is 0 Å². The van der Waals surface area contributed by atoms with Gasteiger partial charge in [0.15, 0.2) is 0 Å². The molecule has 56 valence electrons. The molecule has 0 fully saturated rings. The molecule has 0 aromatic rings. The van der Waals surface area contributed by atoms with E-state index in [1.807, 2.05) is 0 Å². The molecule has 0 radical (unpaired) electrons. The largest absolute Gasteiger partial charge is 0.317 e. The quantitative estimate of drug-likeness (QED) is 0.507. The van der Waals surface area contributed by atoms with Gasteiger partial charge in [0.2, 0.25) is 0 Å². The van der Waals surface area contributed by atoms with Crippen LogP contribution in [0.3, 0.4) is 0 Å². The van der Waals surface area contributed by atoms with Crippen LogP contribution in [0, 0.1) is 11.8 Å². The molecule has 0 heteroatoms. The summed E-state index contributed by atoms with van der Waals surface area (Å²) in [7, 11) is 0. The Morgan fingerprint density at radius 1 is 1.33 bits per heavy atom. The first kappa shape index (κ1) is 9.00. The first-order chi connectivity index (χ1) is 4.18. The van der Waals surface area contributed by atoms with Crippen molar-refractivity contribution < 1.29 is 0 Å². The molecule has 0 aromatic heterocycles. The van der Waals surface area contributed by atoms with Gasteiger partial charge < -0.3 is 5.92 Å². The van der Waals surface area contributed by atoms with E-state index in [1.165, 1.54) is 19.3 Å². The van der Waals surface area contributed by atoms with Crippen LogP contribution < -0.4 is 0 Å². The summed E-state index contributed by atoms with van der Waals surface area (Å²) in [5.74, 6) is 2.41. The average Bonchev–Trinajstić information content (AvgIpc) is 1.82. The molecular formula is C9H19-. The van der Waals surface area contributed by atoms with Gasteiger partial charge in [-0.25, -0.2) is 0 Å². The van der Waals surface area contributed by atoms with Gasteiger partial charge in [-0.15, -0.1) is 0 Å². The topological polar surface area (TPSA) is 0 Å². The molecule has 0 nitrogen and oxygen atoms in total. The molecule has 0 bridgehead atoms. The first-order valence-electron chi connectivity index (χ1n) is 3.98. The fourth-order valence-corrected chi connectivity index (χ4v) is 0.799. The van der Waals surface area contributed by atoms with Gasteiger partial charge >= 0.3 is 0 Å². The molecular weight excluding hydrogens is 108 g/mol. The molecule has 9 heavy (non-hydrogen) atoms. The van der Waals surface area contributed by atoms with Gasteiger partial charge in [-0.05, 0) is 0 Å². The third-order valence-electron chi connectivity index (χ3n) is 1.98. The highest BCUT2D eigenvalue weighted by atomic mass is 14.1. The zero-order valence-corrected chi connectivity index (χ0v) is 7.20. The Morgan fingerprint density at radius 2 is 1.89 bits per heavy atom. The highest BCUT2D eigenvalue weighted by Gasteiger charge is 1.92. The summed E-state index contributed by atoms with van der Waals surface area (Å²) < 4.78 is 0. The summed E-state index contributed by atoms with van der Waals surface area (Å²) >= 11 is 0. The zero-order valence-electron chi connectivity index (χ0n) is 7.20. The van der Waals surface area contributed by atoms with Crippen LogP contribution in [0.2, 0.25) is 0 Å². The van der Waals surface area contributed by atoms with E-state index in [-0.39, 0.29) is 0 Å². The average molecular weight is 127 g/mol. The summed E-state index contributed by atoms with van der Waals surface area (Å²) in [6.45, 7) is 9.00. The summed E-state index contributed by atoms with van der Waals surface area (Å²) in [4.78, 5) is 0. The van der Waals surface area contributed by atoms with Crippen molar-refractivity contribution in [3.63, 3.8) is 0 Å². The molecule has 0 aromatic carbocycles.